The third-order valence-electron chi connectivity index (χ3n) is 3.18. The van der Waals surface area contributed by atoms with Gasteiger partial charge in [0.05, 0.1) is 12.0 Å². The van der Waals surface area contributed by atoms with Crippen LogP contribution in [0.25, 0.3) is 0 Å². The molecule has 1 aromatic carbocycles. The molecule has 1 aromatic rings. The lowest BCUT2D eigenvalue weighted by molar-refractivity contribution is -0.148. The number of carboxylic acids is 1. The van der Waals surface area contributed by atoms with Gasteiger partial charge in [-0.3, -0.25) is 4.79 Å². The van der Waals surface area contributed by atoms with Crippen molar-refractivity contribution in [3.8, 4) is 5.75 Å². The highest BCUT2D eigenvalue weighted by atomic mass is 19.1. The number of hydrogen-bond acceptors (Lipinski definition) is 2. The van der Waals surface area contributed by atoms with Gasteiger partial charge >= 0.3 is 5.97 Å². The average Bonchev–Trinajstić information content (AvgIpc) is 2.60. The Labute approximate surface area is 92.9 Å². The van der Waals surface area contributed by atoms with Crippen LogP contribution in [0.15, 0.2) is 18.2 Å². The average molecular weight is 224 g/mol. The summed E-state index contributed by atoms with van der Waals surface area (Å²) in [6.07, 6.45) is 0. The number of carbonyl (C=O) groups is 1. The van der Waals surface area contributed by atoms with E-state index in [1.165, 1.54) is 12.1 Å². The summed E-state index contributed by atoms with van der Waals surface area (Å²) in [6.45, 7) is 3.55. The summed E-state index contributed by atoms with van der Waals surface area (Å²) in [7, 11) is 0. The Bertz CT molecular complexity index is 440. The molecule has 1 unspecified atom stereocenters. The topological polar surface area (TPSA) is 46.5 Å². The van der Waals surface area contributed by atoms with Crippen LogP contribution >= 0.6 is 0 Å². The SMILES string of the molecule is CC(C)(C(=O)O)C1COc2ccc(F)cc21. The highest BCUT2D eigenvalue weighted by Gasteiger charge is 2.42. The molecular formula is C12H13FO3. The van der Waals surface area contributed by atoms with E-state index in [1.54, 1.807) is 19.9 Å². The van der Waals surface area contributed by atoms with Crippen LogP contribution in [0.2, 0.25) is 0 Å². The van der Waals surface area contributed by atoms with Crippen LogP contribution in [0.3, 0.4) is 0 Å². The Morgan fingerprint density at radius 1 is 1.56 bits per heavy atom. The van der Waals surface area contributed by atoms with Crippen LogP contribution in [0.1, 0.15) is 25.3 Å². The summed E-state index contributed by atoms with van der Waals surface area (Å²) >= 11 is 0. The van der Waals surface area contributed by atoms with E-state index in [2.05, 4.69) is 0 Å². The first kappa shape index (κ1) is 10.9. The molecule has 0 aliphatic carbocycles. The monoisotopic (exact) mass is 224 g/mol. The van der Waals surface area contributed by atoms with Crippen LogP contribution in [0.5, 0.6) is 5.75 Å². The molecule has 1 atom stereocenters. The minimum Gasteiger partial charge on any atom is -0.493 e. The lowest BCUT2D eigenvalue weighted by atomic mass is 9.76. The van der Waals surface area contributed by atoms with E-state index in [4.69, 9.17) is 9.84 Å². The summed E-state index contributed by atoms with van der Waals surface area (Å²) in [6, 6.07) is 4.22. The van der Waals surface area contributed by atoms with Crippen molar-refractivity contribution in [3.05, 3.63) is 29.6 Å². The number of halogens is 1. The van der Waals surface area contributed by atoms with Gasteiger partial charge in [0.15, 0.2) is 0 Å². The molecule has 0 aromatic heterocycles. The molecule has 0 bridgehead atoms. The summed E-state index contributed by atoms with van der Waals surface area (Å²) in [5.74, 6) is -0.995. The first-order chi connectivity index (χ1) is 7.43. The van der Waals surface area contributed by atoms with Gasteiger partial charge in [-0.05, 0) is 32.0 Å². The molecule has 1 aliphatic rings. The smallest absolute Gasteiger partial charge is 0.309 e. The Balaban J connectivity index is 2.43. The van der Waals surface area contributed by atoms with Crippen molar-refractivity contribution in [3.63, 3.8) is 0 Å². The maximum atomic E-state index is 13.1. The van der Waals surface area contributed by atoms with Crippen molar-refractivity contribution in [1.82, 2.24) is 0 Å². The minimum absolute atomic E-state index is 0.290. The molecule has 86 valence electrons. The van der Waals surface area contributed by atoms with Gasteiger partial charge in [-0.25, -0.2) is 4.39 Å². The molecule has 4 heteroatoms. The van der Waals surface area contributed by atoms with Crippen molar-refractivity contribution in [1.29, 1.82) is 0 Å². The van der Waals surface area contributed by atoms with Crippen LogP contribution in [-0.4, -0.2) is 17.7 Å². The maximum absolute atomic E-state index is 13.1. The minimum atomic E-state index is -0.959. The van der Waals surface area contributed by atoms with E-state index in [0.29, 0.717) is 11.3 Å². The van der Waals surface area contributed by atoms with E-state index in [-0.39, 0.29) is 18.3 Å². The number of fused-ring (bicyclic) bond motifs is 1. The summed E-state index contributed by atoms with van der Waals surface area (Å²) in [5, 5.41) is 9.15. The predicted octanol–water partition coefficient (Wildman–Crippen LogP) is 2.41. The highest BCUT2D eigenvalue weighted by Crippen LogP contribution is 2.44. The normalized spacial score (nSPS) is 19.1. The van der Waals surface area contributed by atoms with Crippen LogP contribution in [0.4, 0.5) is 4.39 Å². The Morgan fingerprint density at radius 3 is 2.88 bits per heavy atom. The Kier molecular flexibility index (Phi) is 2.37. The molecule has 0 spiro atoms. The fourth-order valence-electron chi connectivity index (χ4n) is 1.93. The maximum Gasteiger partial charge on any atom is 0.309 e. The van der Waals surface area contributed by atoms with Crippen molar-refractivity contribution in [2.75, 3.05) is 6.61 Å². The zero-order valence-electron chi connectivity index (χ0n) is 9.16. The first-order valence-electron chi connectivity index (χ1n) is 5.08. The van der Waals surface area contributed by atoms with Gasteiger partial charge in [0.1, 0.15) is 11.6 Å². The molecule has 1 N–H and O–H groups in total. The van der Waals surface area contributed by atoms with Gasteiger partial charge in [0, 0.05) is 11.5 Å². The molecule has 0 saturated carbocycles. The van der Waals surface area contributed by atoms with Gasteiger partial charge in [0.2, 0.25) is 0 Å². The van der Waals surface area contributed by atoms with Gasteiger partial charge in [-0.2, -0.15) is 0 Å². The zero-order chi connectivity index (χ0) is 11.9. The van der Waals surface area contributed by atoms with E-state index < -0.39 is 11.4 Å². The number of benzene rings is 1. The number of ether oxygens (including phenoxy) is 1. The lowest BCUT2D eigenvalue weighted by Gasteiger charge is -2.25. The fraction of sp³-hybridized carbons (Fsp3) is 0.417. The van der Waals surface area contributed by atoms with Crippen LogP contribution in [-0.2, 0) is 4.79 Å². The summed E-state index contributed by atoms with van der Waals surface area (Å²) in [5.41, 5.74) is -0.314. The third kappa shape index (κ3) is 1.54. The molecule has 16 heavy (non-hydrogen) atoms. The van der Waals surface area contributed by atoms with Crippen molar-refractivity contribution < 1.29 is 19.0 Å². The quantitative estimate of drug-likeness (QED) is 0.839. The third-order valence-corrected chi connectivity index (χ3v) is 3.18. The molecule has 0 fully saturated rings. The van der Waals surface area contributed by atoms with E-state index >= 15 is 0 Å². The van der Waals surface area contributed by atoms with Crippen LogP contribution < -0.4 is 4.74 Å². The second-order valence-electron chi connectivity index (χ2n) is 4.57. The van der Waals surface area contributed by atoms with Crippen molar-refractivity contribution >= 4 is 5.97 Å². The Morgan fingerprint density at radius 2 is 2.25 bits per heavy atom. The van der Waals surface area contributed by atoms with Gasteiger partial charge < -0.3 is 9.84 Å². The fourth-order valence-corrected chi connectivity index (χ4v) is 1.93. The second-order valence-corrected chi connectivity index (χ2v) is 4.57. The Hall–Kier alpha value is -1.58. The predicted molar refractivity (Wildman–Crippen MR) is 56.1 cm³/mol. The van der Waals surface area contributed by atoms with E-state index in [9.17, 15) is 9.18 Å². The molecule has 3 nitrogen and oxygen atoms in total. The lowest BCUT2D eigenvalue weighted by Crippen LogP contribution is -2.32. The van der Waals surface area contributed by atoms with Crippen molar-refractivity contribution in [2.45, 2.75) is 19.8 Å². The molecule has 2 rings (SSSR count). The second kappa shape index (κ2) is 3.47. The van der Waals surface area contributed by atoms with Gasteiger partial charge in [0.25, 0.3) is 0 Å². The molecular weight excluding hydrogens is 211 g/mol. The number of hydrogen-bond donors (Lipinski definition) is 1. The zero-order valence-corrected chi connectivity index (χ0v) is 9.16. The number of aliphatic carboxylic acids is 1. The largest absolute Gasteiger partial charge is 0.493 e. The first-order valence-corrected chi connectivity index (χ1v) is 5.08. The number of carboxylic acid groups (broad SMARTS) is 1. The summed E-state index contributed by atoms with van der Waals surface area (Å²) < 4.78 is 18.5. The molecule has 0 amide bonds. The van der Waals surface area contributed by atoms with Gasteiger partial charge in [-0.1, -0.05) is 0 Å². The van der Waals surface area contributed by atoms with Crippen molar-refractivity contribution in [2.24, 2.45) is 5.41 Å². The van der Waals surface area contributed by atoms with E-state index in [0.717, 1.165) is 0 Å². The van der Waals surface area contributed by atoms with E-state index in [1.807, 2.05) is 0 Å². The molecule has 0 saturated heterocycles. The molecule has 0 radical (unpaired) electrons. The number of rotatable bonds is 2. The summed E-state index contributed by atoms with van der Waals surface area (Å²) in [4.78, 5) is 11.2. The molecule has 1 heterocycles. The molecule has 1 aliphatic heterocycles. The standard InChI is InChI=1S/C12H13FO3/c1-12(2,11(14)15)9-6-16-10-4-3-7(13)5-8(9)10/h3-5,9H,6H2,1-2H3,(H,14,15). The van der Waals surface area contributed by atoms with Crippen LogP contribution in [0, 0.1) is 11.2 Å². The highest BCUT2D eigenvalue weighted by molar-refractivity contribution is 5.75. The van der Waals surface area contributed by atoms with Gasteiger partial charge in [-0.15, -0.1) is 0 Å².